The third-order valence-electron chi connectivity index (χ3n) is 5.65. The van der Waals surface area contributed by atoms with E-state index in [1.165, 1.54) is 0 Å². The third kappa shape index (κ3) is 4.72. The molecule has 0 atom stereocenters. The molecule has 0 bridgehead atoms. The molecule has 2 rings (SSSR count). The first-order chi connectivity index (χ1) is 16.7. The minimum absolute atomic E-state index is 0.0883. The van der Waals surface area contributed by atoms with Crippen molar-refractivity contribution in [2.45, 2.75) is 85.9 Å². The number of rotatable bonds is 7. The van der Waals surface area contributed by atoms with Crippen LogP contribution in [0.2, 0.25) is 0 Å². The summed E-state index contributed by atoms with van der Waals surface area (Å²) in [6, 6.07) is -1.45. The molecule has 20 heteroatoms. The van der Waals surface area contributed by atoms with Crippen molar-refractivity contribution >= 4 is 0 Å². The van der Waals surface area contributed by atoms with Crippen LogP contribution in [-0.4, -0.2) is 46.0 Å². The molecule has 1 heterocycles. The Kier molecular flexibility index (Phi) is 7.75. The van der Waals surface area contributed by atoms with Gasteiger partial charge in [-0.3, -0.25) is 0 Å². The Morgan fingerprint density at radius 3 is 1.08 bits per heavy atom. The highest BCUT2D eigenvalue weighted by Crippen LogP contribution is 2.59. The van der Waals surface area contributed by atoms with E-state index in [1.807, 2.05) is 0 Å². The Morgan fingerprint density at radius 1 is 0.474 bits per heavy atom. The maximum absolute atomic E-state index is 14.4. The van der Waals surface area contributed by atoms with Crippen LogP contribution in [0.5, 0.6) is 0 Å². The van der Waals surface area contributed by atoms with Crippen molar-refractivity contribution in [3.05, 3.63) is 23.3 Å². The Morgan fingerprint density at radius 2 is 0.789 bits per heavy atom. The van der Waals surface area contributed by atoms with Crippen LogP contribution in [0.25, 0.3) is 0 Å². The highest BCUT2D eigenvalue weighted by Gasteiger charge is 2.84. The summed E-state index contributed by atoms with van der Waals surface area (Å²) >= 11 is 0. The van der Waals surface area contributed by atoms with Crippen molar-refractivity contribution in [1.82, 2.24) is 9.97 Å². The highest BCUT2D eigenvalue weighted by molar-refractivity contribution is 5.26. The fourth-order valence-electron chi connectivity index (χ4n) is 3.40. The molecule has 0 saturated heterocycles. The van der Waals surface area contributed by atoms with E-state index in [-0.39, 0.29) is 25.7 Å². The van der Waals surface area contributed by atoms with E-state index in [0.29, 0.717) is 6.42 Å². The molecule has 1 fully saturated rings. The molecule has 1 aromatic heterocycles. The van der Waals surface area contributed by atoms with Gasteiger partial charge in [0.05, 0.1) is 0 Å². The van der Waals surface area contributed by atoms with E-state index in [4.69, 9.17) is 0 Å². The summed E-state index contributed by atoms with van der Waals surface area (Å²) in [6.45, 7) is 0. The molecule has 0 unspecified atom stereocenters. The Bertz CT molecular complexity index is 935. The Balaban J connectivity index is 2.85. The first-order valence-corrected chi connectivity index (χ1v) is 9.98. The van der Waals surface area contributed by atoms with Crippen LogP contribution in [0, 0.1) is 0 Å². The first-order valence-electron chi connectivity index (χ1n) is 9.98. The monoisotopic (exact) mass is 598 g/mol. The standard InChI is InChI=1S/C18H12F18N2/c19-11(20,13(23,24)15(27,28)17(31,32)33)8-6-9(38-10(37-8)7-4-2-1-3-5-7)12(21,22)14(25,26)16(29,30)18(34,35)36/h6-7H,1-5H2. The summed E-state index contributed by atoms with van der Waals surface area (Å²) in [5.74, 6) is -47.2. The zero-order valence-corrected chi connectivity index (χ0v) is 17.9. The van der Waals surface area contributed by atoms with Gasteiger partial charge in [0.2, 0.25) is 0 Å². The van der Waals surface area contributed by atoms with Gasteiger partial charge in [-0.05, 0) is 18.9 Å². The molecule has 0 aromatic carbocycles. The second kappa shape index (κ2) is 9.19. The average molecular weight is 598 g/mol. The number of hydrogen-bond donors (Lipinski definition) is 0. The normalized spacial score (nSPS) is 18.2. The fourth-order valence-corrected chi connectivity index (χ4v) is 3.40. The second-order valence-corrected chi connectivity index (χ2v) is 8.27. The highest BCUT2D eigenvalue weighted by atomic mass is 19.4. The van der Waals surface area contributed by atoms with Crippen LogP contribution in [0.4, 0.5) is 79.0 Å². The second-order valence-electron chi connectivity index (χ2n) is 8.27. The van der Waals surface area contributed by atoms with Crippen LogP contribution >= 0.6 is 0 Å². The van der Waals surface area contributed by atoms with E-state index in [1.54, 1.807) is 0 Å². The van der Waals surface area contributed by atoms with E-state index in [0.717, 1.165) is 0 Å². The molecule has 220 valence electrons. The van der Waals surface area contributed by atoms with Crippen LogP contribution < -0.4 is 0 Å². The number of halogens is 18. The summed E-state index contributed by atoms with van der Waals surface area (Å²) in [7, 11) is 0. The molecule has 1 aliphatic carbocycles. The lowest BCUT2D eigenvalue weighted by atomic mass is 9.88. The summed E-state index contributed by atoms with van der Waals surface area (Å²) in [4.78, 5) is 5.13. The molecule has 38 heavy (non-hydrogen) atoms. The van der Waals surface area contributed by atoms with Crippen LogP contribution in [0.1, 0.15) is 55.2 Å². The van der Waals surface area contributed by atoms with Crippen LogP contribution in [-0.2, 0) is 11.8 Å². The van der Waals surface area contributed by atoms with Gasteiger partial charge < -0.3 is 0 Å². The lowest BCUT2D eigenvalue weighted by molar-refractivity contribution is -0.401. The maximum Gasteiger partial charge on any atom is 0.460 e. The van der Waals surface area contributed by atoms with Gasteiger partial charge in [-0.2, -0.15) is 79.0 Å². The Labute approximate surface area is 199 Å². The molecule has 0 aliphatic heterocycles. The predicted molar refractivity (Wildman–Crippen MR) is 87.5 cm³/mol. The van der Waals surface area contributed by atoms with E-state index >= 15 is 0 Å². The van der Waals surface area contributed by atoms with E-state index in [9.17, 15) is 79.0 Å². The lowest BCUT2D eigenvalue weighted by Gasteiger charge is -2.35. The summed E-state index contributed by atoms with van der Waals surface area (Å²) in [5.41, 5.74) is -6.36. The number of aromatic nitrogens is 2. The van der Waals surface area contributed by atoms with Crippen molar-refractivity contribution in [3.63, 3.8) is 0 Å². The van der Waals surface area contributed by atoms with Crippen LogP contribution in [0.3, 0.4) is 0 Å². The number of nitrogens with zero attached hydrogens (tertiary/aromatic N) is 2. The number of alkyl halides is 18. The SMILES string of the molecule is FC(F)(F)C(F)(F)C(F)(F)C(F)(F)c1cc(C(F)(F)C(F)(F)C(F)(F)C(F)(F)F)nc(C2CCCCC2)n1. The van der Waals surface area contributed by atoms with Gasteiger partial charge in [-0.15, -0.1) is 0 Å². The molecule has 1 aromatic rings. The van der Waals surface area contributed by atoms with Crippen molar-refractivity contribution in [3.8, 4) is 0 Å². The van der Waals surface area contributed by atoms with Gasteiger partial charge in [0.1, 0.15) is 17.2 Å². The van der Waals surface area contributed by atoms with Gasteiger partial charge in [-0.25, -0.2) is 9.97 Å². The van der Waals surface area contributed by atoms with Gasteiger partial charge in [-0.1, -0.05) is 19.3 Å². The molecule has 1 aliphatic rings. The van der Waals surface area contributed by atoms with Gasteiger partial charge in [0, 0.05) is 5.92 Å². The lowest BCUT2D eigenvalue weighted by Crippen LogP contribution is -2.60. The molecule has 0 radical (unpaired) electrons. The largest absolute Gasteiger partial charge is 0.460 e. The topological polar surface area (TPSA) is 25.8 Å². The number of hydrogen-bond acceptors (Lipinski definition) is 2. The van der Waals surface area contributed by atoms with Gasteiger partial charge >= 0.3 is 47.9 Å². The van der Waals surface area contributed by atoms with E-state index in [2.05, 4.69) is 9.97 Å². The average Bonchev–Trinajstić information content (AvgIpc) is 2.77. The van der Waals surface area contributed by atoms with Crippen LogP contribution in [0.15, 0.2) is 6.07 Å². The smallest absolute Gasteiger partial charge is 0.231 e. The summed E-state index contributed by atoms with van der Waals surface area (Å²) in [6.07, 6.45) is -14.9. The molecule has 0 amide bonds. The first kappa shape index (κ1) is 32.0. The maximum atomic E-state index is 14.4. The molecular weight excluding hydrogens is 586 g/mol. The Hall–Kier alpha value is -2.18. The minimum Gasteiger partial charge on any atom is -0.231 e. The third-order valence-corrected chi connectivity index (χ3v) is 5.65. The molecular formula is C18H12F18N2. The van der Waals surface area contributed by atoms with Crippen molar-refractivity contribution < 1.29 is 79.0 Å². The van der Waals surface area contributed by atoms with Gasteiger partial charge in [0.15, 0.2) is 0 Å². The molecule has 0 N–H and O–H groups in total. The molecule has 2 nitrogen and oxygen atoms in total. The van der Waals surface area contributed by atoms with E-state index < -0.39 is 77.1 Å². The predicted octanol–water partition coefficient (Wildman–Crippen LogP) is 8.37. The minimum atomic E-state index is -7.60. The quantitative estimate of drug-likeness (QED) is 0.295. The summed E-state index contributed by atoms with van der Waals surface area (Å²) in [5, 5.41) is 0. The van der Waals surface area contributed by atoms with Crippen molar-refractivity contribution in [1.29, 1.82) is 0 Å². The van der Waals surface area contributed by atoms with Crippen molar-refractivity contribution in [2.24, 2.45) is 0 Å². The van der Waals surface area contributed by atoms with Crippen molar-refractivity contribution in [2.75, 3.05) is 0 Å². The van der Waals surface area contributed by atoms with Gasteiger partial charge in [0.25, 0.3) is 0 Å². The summed E-state index contributed by atoms with van der Waals surface area (Å²) < 4.78 is 241. The zero-order chi connectivity index (χ0) is 30.0. The molecule has 1 saturated carbocycles. The molecule has 0 spiro atoms. The zero-order valence-electron chi connectivity index (χ0n) is 17.9. The fraction of sp³-hybridized carbons (Fsp3) is 0.778.